The lowest BCUT2D eigenvalue weighted by atomic mass is 9.96. The molecule has 3 aromatic rings. The molecule has 7 nitrogen and oxygen atoms in total. The first-order chi connectivity index (χ1) is 20.2. The van der Waals surface area contributed by atoms with Crippen molar-refractivity contribution in [3.8, 4) is 0 Å². The summed E-state index contributed by atoms with van der Waals surface area (Å²) in [6.07, 6.45) is 7.94. The second-order valence-electron chi connectivity index (χ2n) is 11.1. The van der Waals surface area contributed by atoms with Crippen molar-refractivity contribution in [2.45, 2.75) is 50.5 Å². The van der Waals surface area contributed by atoms with Gasteiger partial charge in [-0.3, -0.25) is 9.78 Å². The molecule has 42 heavy (non-hydrogen) atoms. The van der Waals surface area contributed by atoms with Crippen LogP contribution in [0, 0.1) is 0 Å². The molecule has 0 bridgehead atoms. The van der Waals surface area contributed by atoms with Crippen LogP contribution in [0.2, 0.25) is 0 Å². The van der Waals surface area contributed by atoms with Gasteiger partial charge in [-0.05, 0) is 93.4 Å². The van der Waals surface area contributed by atoms with Crippen molar-refractivity contribution in [1.82, 2.24) is 24.7 Å². The highest BCUT2D eigenvalue weighted by atomic mass is 19.4. The molecule has 0 saturated carbocycles. The average molecular weight is 579 g/mol. The van der Waals surface area contributed by atoms with E-state index in [0.29, 0.717) is 24.0 Å². The van der Waals surface area contributed by atoms with E-state index in [4.69, 9.17) is 0 Å². The normalized spacial score (nSPS) is 17.9. The average Bonchev–Trinajstić information content (AvgIpc) is 3.00. The van der Waals surface area contributed by atoms with E-state index < -0.39 is 11.7 Å². The summed E-state index contributed by atoms with van der Waals surface area (Å²) in [6.45, 7) is 4.51. The zero-order chi connectivity index (χ0) is 29.5. The standard InChI is InChI=1S/C32H37F3N6O/c1-39-18-12-28(13-19-39)40-20-14-29(15-21-40)41(31(42)9-5-24-2-6-26(7-3-24)32(33,34)35)23-25-4-8-30(37-22-25)38-27-10-16-36-17-11-27/h2-11,16-17,22,28-29H,12-15,18-21,23H2,1H3,(H,36,37,38). The van der Waals surface area contributed by atoms with Gasteiger partial charge in [0.05, 0.1) is 5.56 Å². The first-order valence-electron chi connectivity index (χ1n) is 14.4. The molecular formula is C32H37F3N6O. The van der Waals surface area contributed by atoms with Crippen molar-refractivity contribution < 1.29 is 18.0 Å². The number of hydrogen-bond acceptors (Lipinski definition) is 6. The molecule has 0 spiro atoms. The highest BCUT2D eigenvalue weighted by Crippen LogP contribution is 2.29. The third-order valence-corrected chi connectivity index (χ3v) is 8.21. The lowest BCUT2D eigenvalue weighted by Gasteiger charge is -2.43. The minimum Gasteiger partial charge on any atom is -0.340 e. The van der Waals surface area contributed by atoms with Crippen LogP contribution in [-0.4, -0.2) is 75.9 Å². The second-order valence-corrected chi connectivity index (χ2v) is 11.1. The van der Waals surface area contributed by atoms with Gasteiger partial charge in [0.25, 0.3) is 0 Å². The molecule has 0 aliphatic carbocycles. The van der Waals surface area contributed by atoms with Crippen LogP contribution < -0.4 is 5.32 Å². The van der Waals surface area contributed by atoms with Gasteiger partial charge in [0.15, 0.2) is 0 Å². The Morgan fingerprint density at radius 2 is 1.67 bits per heavy atom. The number of pyridine rings is 2. The number of aromatic nitrogens is 2. The van der Waals surface area contributed by atoms with Crippen molar-refractivity contribution >= 4 is 23.5 Å². The van der Waals surface area contributed by atoms with Crippen molar-refractivity contribution in [3.05, 3.63) is 89.9 Å². The van der Waals surface area contributed by atoms with Crippen LogP contribution in [0.1, 0.15) is 42.4 Å². The molecule has 2 fully saturated rings. The molecule has 0 atom stereocenters. The van der Waals surface area contributed by atoms with Gasteiger partial charge >= 0.3 is 6.18 Å². The van der Waals surface area contributed by atoms with E-state index in [0.717, 1.165) is 62.4 Å². The van der Waals surface area contributed by atoms with Crippen LogP contribution >= 0.6 is 0 Å². The molecule has 1 aromatic carbocycles. The predicted molar refractivity (Wildman–Crippen MR) is 158 cm³/mol. The molecule has 2 saturated heterocycles. The van der Waals surface area contributed by atoms with E-state index in [2.05, 4.69) is 32.1 Å². The number of benzene rings is 1. The molecule has 222 valence electrons. The van der Waals surface area contributed by atoms with Crippen LogP contribution in [0.4, 0.5) is 24.7 Å². The van der Waals surface area contributed by atoms with E-state index in [1.807, 2.05) is 29.2 Å². The van der Waals surface area contributed by atoms with Gasteiger partial charge in [-0.15, -0.1) is 0 Å². The molecule has 0 radical (unpaired) electrons. The SMILES string of the molecule is CN1CCC(N2CCC(N(Cc3ccc(Nc4ccncc4)nc3)C(=O)C=Cc3ccc(C(F)(F)F)cc3)CC2)CC1. The molecule has 10 heteroatoms. The highest BCUT2D eigenvalue weighted by molar-refractivity contribution is 5.92. The summed E-state index contributed by atoms with van der Waals surface area (Å²) in [6, 6.07) is 13.1. The fourth-order valence-electron chi connectivity index (χ4n) is 5.73. The van der Waals surface area contributed by atoms with Gasteiger partial charge in [-0.2, -0.15) is 13.2 Å². The molecule has 2 aliphatic rings. The number of anilines is 2. The largest absolute Gasteiger partial charge is 0.416 e. The second kappa shape index (κ2) is 13.5. The number of rotatable bonds is 8. The van der Waals surface area contributed by atoms with Gasteiger partial charge in [-0.25, -0.2) is 4.98 Å². The Labute approximate surface area is 245 Å². The van der Waals surface area contributed by atoms with Gasteiger partial charge in [0.2, 0.25) is 5.91 Å². The minimum atomic E-state index is -4.39. The van der Waals surface area contributed by atoms with E-state index >= 15 is 0 Å². The summed E-state index contributed by atoms with van der Waals surface area (Å²) in [5.74, 6) is 0.531. The molecule has 5 rings (SSSR count). The number of amides is 1. The Morgan fingerprint density at radius 3 is 2.29 bits per heavy atom. The minimum absolute atomic E-state index is 0.0619. The van der Waals surface area contributed by atoms with Crippen LogP contribution in [0.25, 0.3) is 6.08 Å². The Hall–Kier alpha value is -3.76. The fourth-order valence-corrected chi connectivity index (χ4v) is 5.73. The van der Waals surface area contributed by atoms with Crippen LogP contribution in [0.15, 0.2) is 73.2 Å². The number of carbonyl (C=O) groups is 1. The molecule has 4 heterocycles. The quantitative estimate of drug-likeness (QED) is 0.339. The molecule has 1 N–H and O–H groups in total. The Morgan fingerprint density at radius 1 is 0.976 bits per heavy atom. The number of nitrogens with zero attached hydrogens (tertiary/aromatic N) is 5. The number of nitrogens with one attached hydrogen (secondary N) is 1. The molecular weight excluding hydrogens is 541 g/mol. The summed E-state index contributed by atoms with van der Waals surface area (Å²) in [5.41, 5.74) is 1.62. The smallest absolute Gasteiger partial charge is 0.340 e. The maximum atomic E-state index is 13.6. The van der Waals surface area contributed by atoms with Crippen LogP contribution in [0.5, 0.6) is 0 Å². The number of alkyl halides is 3. The van der Waals surface area contributed by atoms with Crippen LogP contribution in [-0.2, 0) is 17.5 Å². The Balaban J connectivity index is 1.27. The first kappa shape index (κ1) is 29.7. The van der Waals surface area contributed by atoms with Crippen molar-refractivity contribution in [1.29, 1.82) is 0 Å². The topological polar surface area (TPSA) is 64.6 Å². The van der Waals surface area contributed by atoms with Crippen LogP contribution in [0.3, 0.4) is 0 Å². The van der Waals surface area contributed by atoms with Gasteiger partial charge < -0.3 is 20.0 Å². The Kier molecular flexibility index (Phi) is 9.54. The summed E-state index contributed by atoms with van der Waals surface area (Å²) in [7, 11) is 2.17. The monoisotopic (exact) mass is 578 g/mol. The van der Waals surface area contributed by atoms with Gasteiger partial charge in [0.1, 0.15) is 5.82 Å². The summed E-state index contributed by atoms with van der Waals surface area (Å²) >= 11 is 0. The summed E-state index contributed by atoms with van der Waals surface area (Å²) < 4.78 is 38.9. The van der Waals surface area contributed by atoms with E-state index in [1.165, 1.54) is 31.1 Å². The maximum Gasteiger partial charge on any atom is 0.416 e. The molecule has 2 aliphatic heterocycles. The number of halogens is 3. The third kappa shape index (κ3) is 7.95. The lowest BCUT2D eigenvalue weighted by molar-refractivity contribution is -0.137. The zero-order valence-corrected chi connectivity index (χ0v) is 23.8. The van der Waals surface area contributed by atoms with E-state index in [9.17, 15) is 18.0 Å². The molecule has 1 amide bonds. The maximum absolute atomic E-state index is 13.6. The lowest BCUT2D eigenvalue weighted by Crippen LogP contribution is -2.51. The zero-order valence-electron chi connectivity index (χ0n) is 23.8. The Bertz CT molecular complexity index is 1320. The van der Waals surface area contributed by atoms with Crippen molar-refractivity contribution in [3.63, 3.8) is 0 Å². The first-order valence-corrected chi connectivity index (χ1v) is 14.4. The molecule has 2 aromatic heterocycles. The highest BCUT2D eigenvalue weighted by Gasteiger charge is 2.32. The van der Waals surface area contributed by atoms with Crippen molar-refractivity contribution in [2.75, 3.05) is 38.5 Å². The van der Waals surface area contributed by atoms with Crippen molar-refractivity contribution in [2.24, 2.45) is 0 Å². The summed E-state index contributed by atoms with van der Waals surface area (Å²) in [5, 5.41) is 3.24. The third-order valence-electron chi connectivity index (χ3n) is 8.21. The number of carbonyl (C=O) groups excluding carboxylic acids is 1. The van der Waals surface area contributed by atoms with E-state index in [-0.39, 0.29) is 11.9 Å². The fraction of sp³-hybridized carbons (Fsp3) is 0.406. The number of piperidine rings is 2. The molecule has 0 unspecified atom stereocenters. The predicted octanol–water partition coefficient (Wildman–Crippen LogP) is 5.84. The number of hydrogen-bond donors (Lipinski definition) is 1. The van der Waals surface area contributed by atoms with Gasteiger partial charge in [-0.1, -0.05) is 18.2 Å². The van der Waals surface area contributed by atoms with E-state index in [1.54, 1.807) is 24.7 Å². The summed E-state index contributed by atoms with van der Waals surface area (Å²) in [4.78, 5) is 29.0. The van der Waals surface area contributed by atoms with Gasteiger partial charge in [0, 0.05) is 62.1 Å². The number of likely N-dealkylation sites (tertiary alicyclic amines) is 2.